The summed E-state index contributed by atoms with van der Waals surface area (Å²) in [5, 5.41) is 8.13. The summed E-state index contributed by atoms with van der Waals surface area (Å²) in [5.74, 6) is 0. The Hall–Kier alpha value is -0.110. The fourth-order valence-corrected chi connectivity index (χ4v) is 0.593. The second kappa shape index (κ2) is 5.04. The zero-order chi connectivity index (χ0) is 6.41. The molecule has 1 unspecified atom stereocenters. The van der Waals surface area contributed by atoms with Gasteiger partial charge in [-0.3, -0.25) is 4.57 Å². The van der Waals surface area contributed by atoms with Crippen molar-refractivity contribution in [2.75, 3.05) is 13.0 Å². The van der Waals surface area contributed by atoms with E-state index in [1.54, 1.807) is 0 Å². The maximum absolute atomic E-state index is 10.2. The van der Waals surface area contributed by atoms with Crippen molar-refractivity contribution in [2.45, 2.75) is 0 Å². The fraction of sp³-hybridized carbons (Fsp3) is 0.500. The van der Waals surface area contributed by atoms with Crippen LogP contribution in [0.3, 0.4) is 0 Å². The van der Waals surface area contributed by atoms with Gasteiger partial charge >= 0.3 is 0 Å². The standard InChI is InChI=1S/C4H9O3P/c1-2-3-7-8(6)4-5/h2,5,8H,1,3-4H2. The maximum atomic E-state index is 10.2. The van der Waals surface area contributed by atoms with Crippen LogP contribution >= 0.6 is 8.03 Å². The molecular formula is C4H9O3P. The van der Waals surface area contributed by atoms with E-state index in [0.29, 0.717) is 0 Å². The summed E-state index contributed by atoms with van der Waals surface area (Å²) in [7, 11) is -2.16. The van der Waals surface area contributed by atoms with Crippen molar-refractivity contribution in [1.82, 2.24) is 0 Å². The van der Waals surface area contributed by atoms with E-state index in [-0.39, 0.29) is 13.0 Å². The molecular weight excluding hydrogens is 127 g/mol. The smallest absolute Gasteiger partial charge is 0.216 e. The Balaban J connectivity index is 3.11. The maximum Gasteiger partial charge on any atom is 0.216 e. The van der Waals surface area contributed by atoms with E-state index in [1.807, 2.05) is 0 Å². The fourth-order valence-electron chi connectivity index (χ4n) is 0.198. The normalized spacial score (nSPS) is 13.1. The van der Waals surface area contributed by atoms with Crippen LogP contribution in [0.2, 0.25) is 0 Å². The molecule has 0 radical (unpaired) electrons. The Morgan fingerprint density at radius 1 is 1.88 bits per heavy atom. The van der Waals surface area contributed by atoms with Crippen LogP contribution in [-0.2, 0) is 9.09 Å². The molecule has 0 saturated heterocycles. The third kappa shape index (κ3) is 4.06. The van der Waals surface area contributed by atoms with Crippen LogP contribution < -0.4 is 0 Å². The Morgan fingerprint density at radius 3 is 2.88 bits per heavy atom. The summed E-state index contributed by atoms with van der Waals surface area (Å²) in [5.41, 5.74) is 0. The minimum Gasteiger partial charge on any atom is -0.387 e. The van der Waals surface area contributed by atoms with E-state index in [0.717, 1.165) is 0 Å². The summed E-state index contributed by atoms with van der Waals surface area (Å²) >= 11 is 0. The molecule has 4 heteroatoms. The van der Waals surface area contributed by atoms with E-state index in [4.69, 9.17) is 5.11 Å². The van der Waals surface area contributed by atoms with Crippen LogP contribution in [-0.4, -0.2) is 18.1 Å². The molecule has 1 N–H and O–H groups in total. The van der Waals surface area contributed by atoms with Crippen LogP contribution in [0.1, 0.15) is 0 Å². The zero-order valence-electron chi connectivity index (χ0n) is 4.46. The molecule has 48 valence electrons. The molecule has 0 aliphatic heterocycles. The minimum absolute atomic E-state index is 0.248. The van der Waals surface area contributed by atoms with E-state index in [2.05, 4.69) is 11.1 Å². The largest absolute Gasteiger partial charge is 0.387 e. The molecule has 0 aromatic carbocycles. The van der Waals surface area contributed by atoms with Crippen molar-refractivity contribution >= 4 is 8.03 Å². The van der Waals surface area contributed by atoms with Gasteiger partial charge in [-0.15, -0.1) is 6.58 Å². The molecule has 0 heterocycles. The third-order valence-electron chi connectivity index (χ3n) is 0.491. The topological polar surface area (TPSA) is 46.5 Å². The molecule has 8 heavy (non-hydrogen) atoms. The highest BCUT2D eigenvalue weighted by molar-refractivity contribution is 7.38. The highest BCUT2D eigenvalue weighted by Gasteiger charge is 1.90. The minimum atomic E-state index is -2.16. The Kier molecular flexibility index (Phi) is 4.97. The number of rotatable bonds is 4. The van der Waals surface area contributed by atoms with Crippen molar-refractivity contribution in [1.29, 1.82) is 0 Å². The molecule has 0 aliphatic rings. The van der Waals surface area contributed by atoms with E-state index in [9.17, 15) is 4.57 Å². The highest BCUT2D eigenvalue weighted by atomic mass is 31.1. The van der Waals surface area contributed by atoms with Crippen molar-refractivity contribution in [2.24, 2.45) is 0 Å². The SMILES string of the molecule is C=CCO[PH](=O)CO. The van der Waals surface area contributed by atoms with Gasteiger partial charge in [-0.25, -0.2) is 0 Å². The zero-order valence-corrected chi connectivity index (χ0v) is 5.46. The lowest BCUT2D eigenvalue weighted by molar-refractivity contribution is 0.309. The highest BCUT2D eigenvalue weighted by Crippen LogP contribution is 2.18. The molecule has 0 aromatic heterocycles. The van der Waals surface area contributed by atoms with Crippen molar-refractivity contribution in [3.63, 3.8) is 0 Å². The second-order valence-corrected chi connectivity index (χ2v) is 2.48. The lowest BCUT2D eigenvalue weighted by Gasteiger charge is -1.93. The quantitative estimate of drug-likeness (QED) is 0.455. The molecule has 0 amide bonds. The van der Waals surface area contributed by atoms with Crippen LogP contribution in [0.25, 0.3) is 0 Å². The first-order chi connectivity index (χ1) is 3.81. The number of hydrogen-bond donors (Lipinski definition) is 1. The molecule has 0 bridgehead atoms. The van der Waals surface area contributed by atoms with Crippen molar-refractivity contribution in [3.8, 4) is 0 Å². The van der Waals surface area contributed by atoms with E-state index < -0.39 is 8.03 Å². The predicted octanol–water partition coefficient (Wildman–Crippen LogP) is 0.613. The first-order valence-electron chi connectivity index (χ1n) is 2.18. The van der Waals surface area contributed by atoms with Crippen LogP contribution in [0.4, 0.5) is 0 Å². The summed E-state index contributed by atoms with van der Waals surface area (Å²) in [4.78, 5) is 0. The van der Waals surface area contributed by atoms with E-state index in [1.165, 1.54) is 6.08 Å². The van der Waals surface area contributed by atoms with Gasteiger partial charge in [0.25, 0.3) is 0 Å². The monoisotopic (exact) mass is 136 g/mol. The van der Waals surface area contributed by atoms with Gasteiger partial charge in [0.05, 0.1) is 6.61 Å². The lowest BCUT2D eigenvalue weighted by Crippen LogP contribution is -1.81. The van der Waals surface area contributed by atoms with Crippen LogP contribution in [0.15, 0.2) is 12.7 Å². The van der Waals surface area contributed by atoms with Gasteiger partial charge < -0.3 is 9.63 Å². The molecule has 0 aliphatic carbocycles. The first-order valence-corrected chi connectivity index (χ1v) is 3.71. The second-order valence-electron chi connectivity index (χ2n) is 1.13. The van der Waals surface area contributed by atoms with Crippen LogP contribution in [0, 0.1) is 0 Å². The number of aliphatic hydroxyl groups excluding tert-OH is 1. The molecule has 0 fully saturated rings. The van der Waals surface area contributed by atoms with Crippen LogP contribution in [0.5, 0.6) is 0 Å². The Labute approximate surface area is 48.8 Å². The molecule has 0 spiro atoms. The van der Waals surface area contributed by atoms with Gasteiger partial charge in [0.2, 0.25) is 8.03 Å². The van der Waals surface area contributed by atoms with Gasteiger partial charge in [-0.05, 0) is 0 Å². The number of aliphatic hydroxyl groups is 1. The summed E-state index contributed by atoms with van der Waals surface area (Å²) in [6, 6.07) is 0. The van der Waals surface area contributed by atoms with Crippen molar-refractivity contribution in [3.05, 3.63) is 12.7 Å². The van der Waals surface area contributed by atoms with Gasteiger partial charge in [0.1, 0.15) is 6.35 Å². The van der Waals surface area contributed by atoms with E-state index >= 15 is 0 Å². The number of hydrogen-bond acceptors (Lipinski definition) is 3. The molecule has 1 atom stereocenters. The molecule has 0 aromatic rings. The lowest BCUT2D eigenvalue weighted by atomic mass is 10.7. The molecule has 0 rings (SSSR count). The third-order valence-corrected chi connectivity index (χ3v) is 1.24. The summed E-state index contributed by atoms with van der Waals surface area (Å²) in [6.45, 7) is 3.59. The molecule has 0 saturated carbocycles. The summed E-state index contributed by atoms with van der Waals surface area (Å²) in [6.07, 6.45) is 1.11. The Bertz CT molecular complexity index is 91.3. The summed E-state index contributed by atoms with van der Waals surface area (Å²) < 4.78 is 14.8. The average molecular weight is 136 g/mol. The molecule has 3 nitrogen and oxygen atoms in total. The van der Waals surface area contributed by atoms with Gasteiger partial charge in [0, 0.05) is 0 Å². The predicted molar refractivity (Wildman–Crippen MR) is 32.2 cm³/mol. The Morgan fingerprint density at radius 2 is 2.50 bits per heavy atom. The van der Waals surface area contributed by atoms with Gasteiger partial charge in [-0.2, -0.15) is 0 Å². The first kappa shape index (κ1) is 7.89. The average Bonchev–Trinajstić information content (AvgIpc) is 1.83. The van der Waals surface area contributed by atoms with Crippen molar-refractivity contribution < 1.29 is 14.2 Å². The van der Waals surface area contributed by atoms with Gasteiger partial charge in [0.15, 0.2) is 0 Å². The van der Waals surface area contributed by atoms with Gasteiger partial charge in [-0.1, -0.05) is 6.08 Å².